The van der Waals surface area contributed by atoms with Gasteiger partial charge < -0.3 is 14.5 Å². The summed E-state index contributed by atoms with van der Waals surface area (Å²) in [6, 6.07) is 7.48. The van der Waals surface area contributed by atoms with Crippen molar-refractivity contribution in [2.45, 2.75) is 45.1 Å². The Morgan fingerprint density at radius 1 is 1.23 bits per heavy atom. The third kappa shape index (κ3) is 4.04. The van der Waals surface area contributed by atoms with Crippen LogP contribution < -0.4 is 5.32 Å². The maximum atomic E-state index is 12.4. The minimum absolute atomic E-state index is 0.0299. The highest BCUT2D eigenvalue weighted by Crippen LogP contribution is 2.48. The van der Waals surface area contributed by atoms with E-state index in [1.165, 1.54) is 0 Å². The zero-order valence-corrected chi connectivity index (χ0v) is 19.2. The third-order valence-corrected chi connectivity index (χ3v) is 6.88. The minimum Gasteiger partial charge on any atom is -0.434 e. The van der Waals surface area contributed by atoms with Gasteiger partial charge in [0.05, 0.1) is 17.5 Å². The standard InChI is InChI=1S/C24H24BrN3O3/c1-15-11-16(25)12-19-21(15)31-22(28-19)18-4-3-17(13-26-18)27-20(29)14-30-24-8-5-23(2,6-9-24)7-10-24/h3-5,8,11-13H,6-7,9-10,14H2,1-2H3,(H,27,29). The number of benzene rings is 1. The van der Waals surface area contributed by atoms with Crippen LogP contribution in [0.5, 0.6) is 0 Å². The number of fused-ring (bicyclic) bond motifs is 3. The first-order valence-corrected chi connectivity index (χ1v) is 11.3. The van der Waals surface area contributed by atoms with Gasteiger partial charge in [0.2, 0.25) is 11.8 Å². The average Bonchev–Trinajstić information content (AvgIpc) is 3.18. The van der Waals surface area contributed by atoms with Crippen molar-refractivity contribution < 1.29 is 13.9 Å². The molecule has 1 saturated carbocycles. The lowest BCUT2D eigenvalue weighted by molar-refractivity contribution is -0.129. The smallest absolute Gasteiger partial charge is 0.250 e. The second kappa shape index (κ2) is 7.57. The topological polar surface area (TPSA) is 77.2 Å². The maximum Gasteiger partial charge on any atom is 0.250 e. The lowest BCUT2D eigenvalue weighted by Crippen LogP contribution is -2.43. The van der Waals surface area contributed by atoms with Crippen LogP contribution in [0.3, 0.4) is 0 Å². The molecule has 1 aromatic carbocycles. The molecule has 2 aromatic heterocycles. The molecule has 0 aliphatic heterocycles. The van der Waals surface area contributed by atoms with Gasteiger partial charge in [0.15, 0.2) is 5.58 Å². The second-order valence-corrected chi connectivity index (χ2v) is 9.83. The summed E-state index contributed by atoms with van der Waals surface area (Å²) in [7, 11) is 0. The van der Waals surface area contributed by atoms with Crippen molar-refractivity contribution in [1.29, 1.82) is 0 Å². The molecule has 160 valence electrons. The van der Waals surface area contributed by atoms with Crippen molar-refractivity contribution in [3.8, 4) is 11.6 Å². The zero-order chi connectivity index (χ0) is 21.6. The predicted octanol–water partition coefficient (Wildman–Crippen LogP) is 5.80. The lowest BCUT2D eigenvalue weighted by Gasteiger charge is -2.46. The molecule has 6 nitrogen and oxygen atoms in total. The Bertz CT molecular complexity index is 1170. The van der Waals surface area contributed by atoms with Crippen molar-refractivity contribution in [2.75, 3.05) is 11.9 Å². The Balaban J connectivity index is 1.23. The molecule has 6 rings (SSSR count). The van der Waals surface area contributed by atoms with Crippen molar-refractivity contribution in [3.05, 3.63) is 52.7 Å². The van der Waals surface area contributed by atoms with Crippen molar-refractivity contribution in [3.63, 3.8) is 0 Å². The molecule has 3 aromatic rings. The van der Waals surface area contributed by atoms with E-state index < -0.39 is 0 Å². The van der Waals surface area contributed by atoms with Crippen LogP contribution in [0.4, 0.5) is 5.69 Å². The number of hydrogen-bond donors (Lipinski definition) is 1. The fraction of sp³-hybridized carbons (Fsp3) is 0.375. The highest BCUT2D eigenvalue weighted by Gasteiger charge is 2.43. The molecule has 0 radical (unpaired) electrons. The number of ether oxygens (including phenoxy) is 1. The molecule has 0 atom stereocenters. The predicted molar refractivity (Wildman–Crippen MR) is 123 cm³/mol. The number of aryl methyl sites for hydroxylation is 1. The SMILES string of the molecule is Cc1cc(Br)cc2nc(-c3ccc(NC(=O)COC45C=CC(C)(CC4)CC5)cn3)oc12. The maximum absolute atomic E-state index is 12.4. The number of hydrogen-bond acceptors (Lipinski definition) is 5. The Labute approximate surface area is 189 Å². The summed E-state index contributed by atoms with van der Waals surface area (Å²) < 4.78 is 12.9. The van der Waals surface area contributed by atoms with Crippen molar-refractivity contribution in [2.24, 2.45) is 5.41 Å². The molecule has 0 saturated heterocycles. The van der Waals surface area contributed by atoms with Gasteiger partial charge in [0, 0.05) is 4.47 Å². The monoisotopic (exact) mass is 481 g/mol. The van der Waals surface area contributed by atoms with Gasteiger partial charge >= 0.3 is 0 Å². The highest BCUT2D eigenvalue weighted by atomic mass is 79.9. The van der Waals surface area contributed by atoms with E-state index in [1.54, 1.807) is 18.3 Å². The number of halogens is 1. The largest absolute Gasteiger partial charge is 0.434 e. The van der Waals surface area contributed by atoms with Gasteiger partial charge in [0.1, 0.15) is 17.8 Å². The first kappa shape index (κ1) is 20.4. The van der Waals surface area contributed by atoms with Gasteiger partial charge in [-0.1, -0.05) is 35.0 Å². The summed E-state index contributed by atoms with van der Waals surface area (Å²) >= 11 is 3.48. The van der Waals surface area contributed by atoms with E-state index in [2.05, 4.69) is 50.3 Å². The molecule has 1 amide bonds. The molecule has 0 spiro atoms. The molecule has 1 N–H and O–H groups in total. The molecule has 31 heavy (non-hydrogen) atoms. The molecular formula is C24H24BrN3O3. The molecule has 0 unspecified atom stereocenters. The minimum atomic E-state index is -0.280. The molecule has 7 heteroatoms. The van der Waals surface area contributed by atoms with Crippen LogP contribution in [0.2, 0.25) is 0 Å². The summed E-state index contributed by atoms with van der Waals surface area (Å²) in [5, 5.41) is 2.86. The van der Waals surface area contributed by atoms with Gasteiger partial charge in [-0.15, -0.1) is 0 Å². The van der Waals surface area contributed by atoms with Gasteiger partial charge in [-0.05, 0) is 67.9 Å². The number of allylic oxidation sites excluding steroid dienone is 1. The summed E-state index contributed by atoms with van der Waals surface area (Å²) in [4.78, 5) is 21.3. The molecule has 2 bridgehead atoms. The summed E-state index contributed by atoms with van der Waals surface area (Å²) in [6.07, 6.45) is 10.2. The van der Waals surface area contributed by atoms with E-state index in [-0.39, 0.29) is 18.1 Å². The number of rotatable bonds is 5. The first-order valence-electron chi connectivity index (χ1n) is 10.5. The second-order valence-electron chi connectivity index (χ2n) is 8.91. The number of pyridine rings is 1. The Morgan fingerprint density at radius 3 is 2.71 bits per heavy atom. The zero-order valence-electron chi connectivity index (χ0n) is 17.6. The van der Waals surface area contributed by atoms with Gasteiger partial charge in [-0.2, -0.15) is 0 Å². The Hall–Kier alpha value is -2.51. The quantitative estimate of drug-likeness (QED) is 0.465. The van der Waals surface area contributed by atoms with Crippen LogP contribution in [0.15, 0.2) is 51.5 Å². The molecule has 2 heterocycles. The van der Waals surface area contributed by atoms with Gasteiger partial charge in [0.25, 0.3) is 0 Å². The first-order chi connectivity index (χ1) is 14.8. The number of nitrogens with zero attached hydrogens (tertiary/aromatic N) is 2. The average molecular weight is 482 g/mol. The van der Waals surface area contributed by atoms with E-state index in [1.807, 2.05) is 19.1 Å². The summed E-state index contributed by atoms with van der Waals surface area (Å²) in [6.45, 7) is 4.30. The highest BCUT2D eigenvalue weighted by molar-refractivity contribution is 9.10. The Morgan fingerprint density at radius 2 is 2.03 bits per heavy atom. The molecule has 3 aliphatic rings. The van der Waals surface area contributed by atoms with E-state index in [9.17, 15) is 4.79 Å². The summed E-state index contributed by atoms with van der Waals surface area (Å²) in [5.74, 6) is 0.267. The van der Waals surface area contributed by atoms with Crippen LogP contribution in [-0.4, -0.2) is 28.1 Å². The van der Waals surface area contributed by atoms with Crippen LogP contribution in [0.25, 0.3) is 22.7 Å². The number of amides is 1. The Kier molecular flexibility index (Phi) is 4.98. The van der Waals surface area contributed by atoms with Crippen LogP contribution in [0.1, 0.15) is 38.2 Å². The van der Waals surface area contributed by atoms with Crippen LogP contribution in [0, 0.1) is 12.3 Å². The number of nitrogens with one attached hydrogen (secondary N) is 1. The molecular weight excluding hydrogens is 458 g/mol. The van der Waals surface area contributed by atoms with Gasteiger partial charge in [-0.25, -0.2) is 9.97 Å². The van der Waals surface area contributed by atoms with E-state index >= 15 is 0 Å². The third-order valence-electron chi connectivity index (χ3n) is 6.43. The van der Waals surface area contributed by atoms with E-state index in [0.717, 1.165) is 46.8 Å². The lowest BCUT2D eigenvalue weighted by atomic mass is 9.64. The van der Waals surface area contributed by atoms with Crippen LogP contribution >= 0.6 is 15.9 Å². The van der Waals surface area contributed by atoms with Gasteiger partial charge in [-0.3, -0.25) is 4.79 Å². The fourth-order valence-electron chi connectivity index (χ4n) is 4.39. The number of carbonyl (C=O) groups excluding carboxylic acids is 1. The normalized spacial score (nSPS) is 24.6. The van der Waals surface area contributed by atoms with Crippen LogP contribution in [-0.2, 0) is 9.53 Å². The number of aromatic nitrogens is 2. The molecule has 1 fully saturated rings. The van der Waals surface area contributed by atoms with E-state index in [0.29, 0.717) is 22.7 Å². The van der Waals surface area contributed by atoms with Crippen molar-refractivity contribution in [1.82, 2.24) is 9.97 Å². The molecule has 3 aliphatic carbocycles. The van der Waals surface area contributed by atoms with E-state index in [4.69, 9.17) is 9.15 Å². The number of carbonyl (C=O) groups is 1. The number of anilines is 1. The number of oxazole rings is 1. The summed E-state index contributed by atoms with van der Waals surface area (Å²) in [5.41, 5.74) is 3.77. The van der Waals surface area contributed by atoms with Crippen molar-refractivity contribution >= 4 is 38.6 Å². The fourth-order valence-corrected chi connectivity index (χ4v) is 4.95.